The number of rotatable bonds is 5. The minimum atomic E-state index is -0.717. The first kappa shape index (κ1) is 24.0. The maximum atomic E-state index is 13.1. The van der Waals surface area contributed by atoms with Gasteiger partial charge in [0.25, 0.3) is 0 Å². The molecule has 0 radical (unpaired) electrons. The number of unbranched alkanes of at least 4 members (excludes halogenated alkanes) is 1. The number of carbonyl (C=O) groups is 3. The molecule has 0 spiro atoms. The van der Waals surface area contributed by atoms with Crippen molar-refractivity contribution in [1.82, 2.24) is 15.1 Å². The highest BCUT2D eigenvalue weighted by Gasteiger charge is 2.38. The maximum absolute atomic E-state index is 13.1. The third kappa shape index (κ3) is 7.94. The molecular weight excluding hydrogens is 362 g/mol. The molecule has 0 aromatic rings. The van der Waals surface area contributed by atoms with Gasteiger partial charge in [0.05, 0.1) is 6.61 Å². The van der Waals surface area contributed by atoms with Gasteiger partial charge in [-0.3, -0.25) is 4.79 Å². The molecule has 1 atom stereocenters. The number of piperazine rings is 1. The largest absolute Gasteiger partial charge is 0.449 e. The van der Waals surface area contributed by atoms with Gasteiger partial charge in [-0.15, -0.1) is 0 Å². The van der Waals surface area contributed by atoms with Crippen molar-refractivity contribution in [1.29, 1.82) is 0 Å². The van der Waals surface area contributed by atoms with Gasteiger partial charge in [0.15, 0.2) is 0 Å². The van der Waals surface area contributed by atoms with Gasteiger partial charge in [-0.05, 0) is 32.6 Å². The molecule has 8 nitrogen and oxygen atoms in total. The lowest BCUT2D eigenvalue weighted by molar-refractivity contribution is -0.137. The van der Waals surface area contributed by atoms with Crippen LogP contribution in [0.1, 0.15) is 61.3 Å². The SMILES string of the molecule is CCCCOC(=O)N1CCN(C(=O)[C@@H](NC(=O)OC(C)(C)C)C(C)(C)C)CC1. The number of ether oxygens (including phenoxy) is 2. The summed E-state index contributed by atoms with van der Waals surface area (Å²) in [5, 5.41) is 2.72. The zero-order valence-electron chi connectivity index (χ0n) is 18.5. The number of carbonyl (C=O) groups excluding carboxylic acids is 3. The molecule has 1 fully saturated rings. The second-order valence-corrected chi connectivity index (χ2v) is 9.23. The monoisotopic (exact) mass is 399 g/mol. The molecule has 0 aliphatic carbocycles. The Kier molecular flexibility index (Phi) is 8.57. The van der Waals surface area contributed by atoms with Crippen LogP contribution in [0.4, 0.5) is 9.59 Å². The summed E-state index contributed by atoms with van der Waals surface area (Å²) < 4.78 is 10.5. The van der Waals surface area contributed by atoms with Crippen molar-refractivity contribution in [2.75, 3.05) is 32.8 Å². The van der Waals surface area contributed by atoms with E-state index in [1.807, 2.05) is 27.7 Å². The van der Waals surface area contributed by atoms with Crippen molar-refractivity contribution >= 4 is 18.1 Å². The fourth-order valence-electron chi connectivity index (χ4n) is 2.76. The van der Waals surface area contributed by atoms with Gasteiger partial charge in [-0.2, -0.15) is 0 Å². The van der Waals surface area contributed by atoms with E-state index in [1.54, 1.807) is 30.6 Å². The third-order valence-electron chi connectivity index (χ3n) is 4.35. The number of amides is 3. The van der Waals surface area contributed by atoms with Crippen LogP contribution in [0.25, 0.3) is 0 Å². The number of alkyl carbamates (subject to hydrolysis) is 1. The molecule has 0 bridgehead atoms. The van der Waals surface area contributed by atoms with Gasteiger partial charge < -0.3 is 24.6 Å². The Balaban J connectivity index is 2.66. The van der Waals surface area contributed by atoms with Crippen LogP contribution >= 0.6 is 0 Å². The van der Waals surface area contributed by atoms with E-state index in [1.165, 1.54) is 0 Å². The van der Waals surface area contributed by atoms with E-state index in [9.17, 15) is 14.4 Å². The maximum Gasteiger partial charge on any atom is 0.409 e. The molecule has 162 valence electrons. The predicted molar refractivity (Wildman–Crippen MR) is 107 cm³/mol. The summed E-state index contributed by atoms with van der Waals surface area (Å²) in [4.78, 5) is 40.6. The van der Waals surface area contributed by atoms with E-state index >= 15 is 0 Å². The van der Waals surface area contributed by atoms with Crippen LogP contribution in [0, 0.1) is 5.41 Å². The Morgan fingerprint density at radius 2 is 1.50 bits per heavy atom. The topological polar surface area (TPSA) is 88.2 Å². The number of hydrogen-bond acceptors (Lipinski definition) is 5. The quantitative estimate of drug-likeness (QED) is 0.718. The minimum absolute atomic E-state index is 0.169. The molecule has 1 N–H and O–H groups in total. The first-order chi connectivity index (χ1) is 12.8. The zero-order valence-corrected chi connectivity index (χ0v) is 18.5. The van der Waals surface area contributed by atoms with Gasteiger partial charge in [0.1, 0.15) is 11.6 Å². The summed E-state index contributed by atoms with van der Waals surface area (Å²) in [6.45, 7) is 15.1. The predicted octanol–water partition coefficient (Wildman–Crippen LogP) is 3.01. The molecule has 0 aromatic heterocycles. The first-order valence-corrected chi connectivity index (χ1v) is 10.0. The van der Waals surface area contributed by atoms with Crippen molar-refractivity contribution < 1.29 is 23.9 Å². The smallest absolute Gasteiger partial charge is 0.409 e. The van der Waals surface area contributed by atoms with E-state index in [2.05, 4.69) is 5.32 Å². The van der Waals surface area contributed by atoms with Crippen molar-refractivity contribution in [3.63, 3.8) is 0 Å². The Morgan fingerprint density at radius 1 is 0.964 bits per heavy atom. The summed E-state index contributed by atoms with van der Waals surface area (Å²) in [7, 11) is 0. The first-order valence-electron chi connectivity index (χ1n) is 10.0. The van der Waals surface area contributed by atoms with Gasteiger partial charge in [0.2, 0.25) is 5.91 Å². The van der Waals surface area contributed by atoms with Gasteiger partial charge in [0, 0.05) is 26.2 Å². The molecular formula is C20H37N3O5. The molecule has 1 rings (SSSR count). The highest BCUT2D eigenvalue weighted by molar-refractivity contribution is 5.86. The molecule has 1 saturated heterocycles. The second kappa shape index (κ2) is 9.98. The lowest BCUT2D eigenvalue weighted by Gasteiger charge is -2.39. The third-order valence-corrected chi connectivity index (χ3v) is 4.35. The van der Waals surface area contributed by atoms with Gasteiger partial charge >= 0.3 is 12.2 Å². The molecule has 28 heavy (non-hydrogen) atoms. The van der Waals surface area contributed by atoms with Gasteiger partial charge in [-0.25, -0.2) is 9.59 Å². The summed E-state index contributed by atoms with van der Waals surface area (Å²) in [6.07, 6.45) is 0.862. The Hall–Kier alpha value is -1.99. The highest BCUT2D eigenvalue weighted by Crippen LogP contribution is 2.22. The van der Waals surface area contributed by atoms with Crippen molar-refractivity contribution in [3.05, 3.63) is 0 Å². The van der Waals surface area contributed by atoms with E-state index in [-0.39, 0.29) is 12.0 Å². The molecule has 0 aromatic carbocycles. The molecule has 1 aliphatic heterocycles. The second-order valence-electron chi connectivity index (χ2n) is 9.23. The molecule has 8 heteroatoms. The lowest BCUT2D eigenvalue weighted by Crippen LogP contribution is -2.59. The number of nitrogens with zero attached hydrogens (tertiary/aromatic N) is 2. The lowest BCUT2D eigenvalue weighted by atomic mass is 9.85. The molecule has 3 amide bonds. The average Bonchev–Trinajstić information content (AvgIpc) is 2.57. The van der Waals surface area contributed by atoms with Crippen LogP contribution in [0.15, 0.2) is 0 Å². The van der Waals surface area contributed by atoms with Crippen molar-refractivity contribution in [2.45, 2.75) is 73.0 Å². The van der Waals surface area contributed by atoms with Crippen molar-refractivity contribution in [2.24, 2.45) is 5.41 Å². The highest BCUT2D eigenvalue weighted by atomic mass is 16.6. The fraction of sp³-hybridized carbons (Fsp3) is 0.850. The average molecular weight is 400 g/mol. The van der Waals surface area contributed by atoms with E-state index in [4.69, 9.17) is 9.47 Å². The minimum Gasteiger partial charge on any atom is -0.449 e. The fourth-order valence-corrected chi connectivity index (χ4v) is 2.76. The Bertz CT molecular complexity index is 543. The van der Waals surface area contributed by atoms with Crippen LogP contribution in [0.2, 0.25) is 0 Å². The van der Waals surface area contributed by atoms with Gasteiger partial charge in [-0.1, -0.05) is 34.1 Å². The van der Waals surface area contributed by atoms with Crippen LogP contribution < -0.4 is 5.32 Å². The van der Waals surface area contributed by atoms with Crippen LogP contribution in [-0.4, -0.2) is 72.3 Å². The molecule has 0 saturated carbocycles. The Labute approximate surface area is 168 Å². The van der Waals surface area contributed by atoms with E-state index in [0.717, 1.165) is 12.8 Å². The number of hydrogen-bond donors (Lipinski definition) is 1. The van der Waals surface area contributed by atoms with Crippen LogP contribution in [-0.2, 0) is 14.3 Å². The molecule has 0 unspecified atom stereocenters. The van der Waals surface area contributed by atoms with Crippen molar-refractivity contribution in [3.8, 4) is 0 Å². The van der Waals surface area contributed by atoms with Crippen LogP contribution in [0.3, 0.4) is 0 Å². The standard InChI is InChI=1S/C20H37N3O5/c1-8-9-14-27-18(26)23-12-10-22(11-13-23)16(24)15(19(2,3)4)21-17(25)28-20(5,6)7/h15H,8-14H2,1-7H3,(H,21,25)/t15-/m1/s1. The molecule has 1 aliphatic rings. The summed E-state index contributed by atoms with van der Waals surface area (Å²) in [5.74, 6) is -0.169. The Morgan fingerprint density at radius 3 is 1.96 bits per heavy atom. The summed E-state index contributed by atoms with van der Waals surface area (Å²) in [5.41, 5.74) is -1.12. The summed E-state index contributed by atoms with van der Waals surface area (Å²) >= 11 is 0. The molecule has 1 heterocycles. The summed E-state index contributed by atoms with van der Waals surface area (Å²) in [6, 6.07) is -0.717. The number of nitrogens with one attached hydrogen (secondary N) is 1. The van der Waals surface area contributed by atoms with E-state index < -0.39 is 23.2 Å². The normalized spacial score (nSPS) is 16.4. The van der Waals surface area contributed by atoms with Crippen LogP contribution in [0.5, 0.6) is 0 Å². The van der Waals surface area contributed by atoms with E-state index in [0.29, 0.717) is 32.8 Å². The zero-order chi connectivity index (χ0) is 21.5.